The van der Waals surface area contributed by atoms with Gasteiger partial charge in [0, 0.05) is 0 Å². The van der Waals surface area contributed by atoms with Gasteiger partial charge in [-0.1, -0.05) is 31.2 Å². The normalized spacial score (nSPS) is 16.3. The number of hydrogen-bond donors (Lipinski definition) is 1. The second-order valence-electron chi connectivity index (χ2n) is 4.55. The maximum absolute atomic E-state index is 12.1. The standard InChI is InChI=1S/C15H16N2O4/c1-3-10-4-6-11(7-5-10)8-12-14(19)17(15(20)16-12)9-13(18)21-2/h4-8H,3,9H2,1-2H3,(H,16,20)/b12-8+. The Hall–Kier alpha value is -2.63. The molecule has 0 radical (unpaired) electrons. The minimum atomic E-state index is -0.646. The SMILES string of the molecule is CCc1ccc(/C=C2/NC(=O)N(CC(=O)OC)C2=O)cc1. The minimum absolute atomic E-state index is 0.146. The molecule has 1 fully saturated rings. The summed E-state index contributed by atoms with van der Waals surface area (Å²) in [4.78, 5) is 35.7. The average molecular weight is 288 g/mol. The Kier molecular flexibility index (Phi) is 4.37. The number of aryl methyl sites for hydroxylation is 1. The summed E-state index contributed by atoms with van der Waals surface area (Å²) in [6, 6.07) is 7.03. The van der Waals surface area contributed by atoms with E-state index in [1.165, 1.54) is 12.7 Å². The first kappa shape index (κ1) is 14.8. The number of carbonyl (C=O) groups is 3. The van der Waals surface area contributed by atoms with Gasteiger partial charge >= 0.3 is 12.0 Å². The van der Waals surface area contributed by atoms with Crippen LogP contribution in [-0.2, 0) is 20.7 Å². The summed E-state index contributed by atoms with van der Waals surface area (Å²) >= 11 is 0. The molecule has 110 valence electrons. The summed E-state index contributed by atoms with van der Waals surface area (Å²) in [5.74, 6) is -1.18. The highest BCUT2D eigenvalue weighted by Gasteiger charge is 2.35. The number of imide groups is 1. The molecule has 2 rings (SSSR count). The summed E-state index contributed by atoms with van der Waals surface area (Å²) in [7, 11) is 1.20. The van der Waals surface area contributed by atoms with Crippen LogP contribution in [0, 0.1) is 0 Å². The van der Waals surface area contributed by atoms with E-state index >= 15 is 0 Å². The zero-order valence-corrected chi connectivity index (χ0v) is 11.9. The fourth-order valence-electron chi connectivity index (χ4n) is 1.93. The lowest BCUT2D eigenvalue weighted by Gasteiger charge is -2.08. The maximum atomic E-state index is 12.1. The third kappa shape index (κ3) is 3.28. The van der Waals surface area contributed by atoms with Crippen LogP contribution < -0.4 is 5.32 Å². The molecule has 0 saturated carbocycles. The van der Waals surface area contributed by atoms with Crippen molar-refractivity contribution in [1.29, 1.82) is 0 Å². The Labute approximate surface area is 122 Å². The molecular formula is C15H16N2O4. The van der Waals surface area contributed by atoms with Crippen molar-refractivity contribution in [1.82, 2.24) is 10.2 Å². The Morgan fingerprint density at radius 2 is 1.95 bits per heavy atom. The second-order valence-corrected chi connectivity index (χ2v) is 4.55. The van der Waals surface area contributed by atoms with Gasteiger partial charge in [-0.3, -0.25) is 9.59 Å². The fourth-order valence-corrected chi connectivity index (χ4v) is 1.93. The molecule has 1 aliphatic heterocycles. The number of hydrogen-bond acceptors (Lipinski definition) is 4. The van der Waals surface area contributed by atoms with E-state index in [1.807, 2.05) is 24.3 Å². The van der Waals surface area contributed by atoms with Crippen LogP contribution in [-0.4, -0.2) is 36.5 Å². The molecule has 21 heavy (non-hydrogen) atoms. The van der Waals surface area contributed by atoms with E-state index in [0.717, 1.165) is 16.9 Å². The molecule has 6 heteroatoms. The molecule has 0 aromatic heterocycles. The molecule has 1 aliphatic rings. The van der Waals surface area contributed by atoms with Gasteiger partial charge in [-0.25, -0.2) is 9.69 Å². The van der Waals surface area contributed by atoms with Crippen LogP contribution in [0.25, 0.3) is 6.08 Å². The van der Waals surface area contributed by atoms with Crippen molar-refractivity contribution < 1.29 is 19.1 Å². The van der Waals surface area contributed by atoms with Gasteiger partial charge in [-0.2, -0.15) is 0 Å². The summed E-state index contributed by atoms with van der Waals surface area (Å²) < 4.78 is 4.46. The van der Waals surface area contributed by atoms with Crippen LogP contribution in [0.1, 0.15) is 18.1 Å². The lowest BCUT2D eigenvalue weighted by molar-refractivity contribution is -0.143. The quantitative estimate of drug-likeness (QED) is 0.515. The zero-order chi connectivity index (χ0) is 15.4. The molecule has 0 spiro atoms. The summed E-state index contributed by atoms with van der Waals surface area (Å²) in [5.41, 5.74) is 2.13. The van der Waals surface area contributed by atoms with Gasteiger partial charge in [-0.15, -0.1) is 0 Å². The lowest BCUT2D eigenvalue weighted by Crippen LogP contribution is -2.36. The highest BCUT2D eigenvalue weighted by molar-refractivity contribution is 6.15. The van der Waals surface area contributed by atoms with E-state index in [1.54, 1.807) is 6.08 Å². The van der Waals surface area contributed by atoms with Gasteiger partial charge in [0.2, 0.25) is 0 Å². The Morgan fingerprint density at radius 3 is 2.52 bits per heavy atom. The van der Waals surface area contributed by atoms with E-state index < -0.39 is 24.5 Å². The van der Waals surface area contributed by atoms with Crippen molar-refractivity contribution in [2.24, 2.45) is 0 Å². The molecule has 1 aromatic carbocycles. The number of urea groups is 1. The number of carbonyl (C=O) groups excluding carboxylic acids is 3. The molecule has 0 unspecified atom stereocenters. The van der Waals surface area contributed by atoms with Crippen LogP contribution in [0.5, 0.6) is 0 Å². The van der Waals surface area contributed by atoms with Crippen LogP contribution in [0.2, 0.25) is 0 Å². The van der Waals surface area contributed by atoms with Crippen molar-refractivity contribution in [2.45, 2.75) is 13.3 Å². The minimum Gasteiger partial charge on any atom is -0.468 e. The molecule has 0 bridgehead atoms. The number of methoxy groups -OCH3 is 1. The van der Waals surface area contributed by atoms with E-state index in [4.69, 9.17) is 0 Å². The summed E-state index contributed by atoms with van der Waals surface area (Å²) in [5, 5.41) is 2.45. The second kappa shape index (κ2) is 6.21. The van der Waals surface area contributed by atoms with E-state index in [-0.39, 0.29) is 5.70 Å². The molecule has 0 atom stereocenters. The Morgan fingerprint density at radius 1 is 1.29 bits per heavy atom. The topological polar surface area (TPSA) is 75.7 Å². The summed E-state index contributed by atoms with van der Waals surface area (Å²) in [6.45, 7) is 1.66. The number of esters is 1. The predicted molar refractivity (Wildman–Crippen MR) is 76.1 cm³/mol. The first-order valence-corrected chi connectivity index (χ1v) is 6.55. The van der Waals surface area contributed by atoms with Crippen molar-refractivity contribution in [2.75, 3.05) is 13.7 Å². The number of benzene rings is 1. The van der Waals surface area contributed by atoms with E-state index in [9.17, 15) is 14.4 Å². The molecule has 1 saturated heterocycles. The third-order valence-corrected chi connectivity index (χ3v) is 3.18. The van der Waals surface area contributed by atoms with Gasteiger partial charge in [0.1, 0.15) is 12.2 Å². The molecule has 0 aliphatic carbocycles. The molecule has 1 aromatic rings. The zero-order valence-electron chi connectivity index (χ0n) is 11.9. The van der Waals surface area contributed by atoms with Crippen molar-refractivity contribution >= 4 is 24.0 Å². The molecular weight excluding hydrogens is 272 g/mol. The van der Waals surface area contributed by atoms with Gasteiger partial charge in [0.15, 0.2) is 0 Å². The fraction of sp³-hybridized carbons (Fsp3) is 0.267. The number of amides is 3. The molecule has 6 nitrogen and oxygen atoms in total. The number of nitrogens with zero attached hydrogens (tertiary/aromatic N) is 1. The van der Waals surface area contributed by atoms with Crippen LogP contribution in [0.15, 0.2) is 30.0 Å². The van der Waals surface area contributed by atoms with E-state index in [2.05, 4.69) is 17.0 Å². The maximum Gasteiger partial charge on any atom is 0.329 e. The van der Waals surface area contributed by atoms with Gasteiger partial charge in [0.05, 0.1) is 7.11 Å². The number of nitrogens with one attached hydrogen (secondary N) is 1. The lowest BCUT2D eigenvalue weighted by atomic mass is 10.1. The first-order valence-electron chi connectivity index (χ1n) is 6.55. The monoisotopic (exact) mass is 288 g/mol. The van der Waals surface area contributed by atoms with Gasteiger partial charge < -0.3 is 10.1 Å². The first-order chi connectivity index (χ1) is 10.0. The predicted octanol–water partition coefficient (Wildman–Crippen LogP) is 1.31. The number of rotatable bonds is 4. The van der Waals surface area contributed by atoms with Crippen molar-refractivity contribution in [3.8, 4) is 0 Å². The van der Waals surface area contributed by atoms with Crippen molar-refractivity contribution in [3.63, 3.8) is 0 Å². The highest BCUT2D eigenvalue weighted by Crippen LogP contribution is 2.14. The Bertz CT molecular complexity index is 605. The van der Waals surface area contributed by atoms with E-state index in [0.29, 0.717) is 0 Å². The number of ether oxygens (including phenoxy) is 1. The van der Waals surface area contributed by atoms with Crippen LogP contribution in [0.3, 0.4) is 0 Å². The van der Waals surface area contributed by atoms with Gasteiger partial charge in [-0.05, 0) is 23.6 Å². The smallest absolute Gasteiger partial charge is 0.329 e. The molecule has 1 heterocycles. The van der Waals surface area contributed by atoms with Crippen molar-refractivity contribution in [3.05, 3.63) is 41.1 Å². The van der Waals surface area contributed by atoms with Gasteiger partial charge in [0.25, 0.3) is 5.91 Å². The Balaban J connectivity index is 2.17. The summed E-state index contributed by atoms with van der Waals surface area (Å²) in [6.07, 6.45) is 2.51. The third-order valence-electron chi connectivity index (χ3n) is 3.18. The average Bonchev–Trinajstić information content (AvgIpc) is 2.75. The molecule has 3 amide bonds. The van der Waals surface area contributed by atoms with Crippen LogP contribution >= 0.6 is 0 Å². The largest absolute Gasteiger partial charge is 0.468 e. The van der Waals surface area contributed by atoms with Crippen LogP contribution in [0.4, 0.5) is 4.79 Å². The molecule has 1 N–H and O–H groups in total. The highest BCUT2D eigenvalue weighted by atomic mass is 16.5.